The molecule has 176 valence electrons. The van der Waals surface area contributed by atoms with Crippen molar-refractivity contribution in [2.24, 2.45) is 0 Å². The summed E-state index contributed by atoms with van der Waals surface area (Å²) in [4.78, 5) is 36.0. The molecule has 0 radical (unpaired) electrons. The number of hydrogen-bond acceptors (Lipinski definition) is 5. The van der Waals surface area contributed by atoms with Crippen LogP contribution in [0.1, 0.15) is 22.8 Å². The van der Waals surface area contributed by atoms with Crippen molar-refractivity contribution in [3.8, 4) is 28.1 Å². The van der Waals surface area contributed by atoms with Crippen LogP contribution in [0.5, 0.6) is 5.75 Å². The topological polar surface area (TPSA) is 113 Å². The van der Waals surface area contributed by atoms with Crippen molar-refractivity contribution >= 4 is 18.0 Å². The van der Waals surface area contributed by atoms with Crippen molar-refractivity contribution in [1.82, 2.24) is 15.1 Å². The summed E-state index contributed by atoms with van der Waals surface area (Å²) >= 11 is 0. The van der Waals surface area contributed by atoms with Gasteiger partial charge in [0.2, 0.25) is 6.41 Å². The molecule has 3 aromatic carbocycles. The number of benzene rings is 3. The van der Waals surface area contributed by atoms with Crippen LogP contribution in [0.2, 0.25) is 0 Å². The number of nitrogens with zero attached hydrogens (tertiary/aromatic N) is 2. The first-order valence-electron chi connectivity index (χ1n) is 11.1. The molecule has 0 fully saturated rings. The summed E-state index contributed by atoms with van der Waals surface area (Å²) in [5.41, 5.74) is 4.09. The van der Waals surface area contributed by atoms with Crippen molar-refractivity contribution in [2.45, 2.75) is 20.0 Å². The SMILES string of the molecule is CCn1nc(-c2cccc(-c3cccc(C(=O)NCc4cccc(O)c4)c3)c2)cc(NC=O)c1=O. The number of phenolic OH excluding ortho intramolecular Hbond substituents is 1. The number of aromatic hydroxyl groups is 1. The number of rotatable bonds is 8. The minimum absolute atomic E-state index is 0.150. The fourth-order valence-electron chi connectivity index (χ4n) is 3.71. The fraction of sp³-hybridized carbons (Fsp3) is 0.111. The van der Waals surface area contributed by atoms with E-state index in [0.29, 0.717) is 30.8 Å². The number of aryl methyl sites for hydroxylation is 1. The molecule has 2 amide bonds. The summed E-state index contributed by atoms with van der Waals surface area (Å²) < 4.78 is 1.30. The van der Waals surface area contributed by atoms with Crippen molar-refractivity contribution in [2.75, 3.05) is 5.32 Å². The molecule has 35 heavy (non-hydrogen) atoms. The maximum atomic E-state index is 12.7. The van der Waals surface area contributed by atoms with Gasteiger partial charge in [-0.15, -0.1) is 0 Å². The molecule has 1 aromatic heterocycles. The fourth-order valence-corrected chi connectivity index (χ4v) is 3.71. The van der Waals surface area contributed by atoms with Crippen LogP contribution in [0.3, 0.4) is 0 Å². The van der Waals surface area contributed by atoms with Gasteiger partial charge in [-0.25, -0.2) is 4.68 Å². The Bertz CT molecular complexity index is 1450. The van der Waals surface area contributed by atoms with E-state index in [4.69, 9.17) is 0 Å². The summed E-state index contributed by atoms with van der Waals surface area (Å²) in [5.74, 6) is -0.0795. The molecule has 0 saturated carbocycles. The molecule has 8 heteroatoms. The van der Waals surface area contributed by atoms with E-state index in [2.05, 4.69) is 15.7 Å². The number of aromatic nitrogens is 2. The lowest BCUT2D eigenvalue weighted by Gasteiger charge is -2.11. The van der Waals surface area contributed by atoms with Crippen LogP contribution in [-0.4, -0.2) is 27.2 Å². The van der Waals surface area contributed by atoms with Crippen molar-refractivity contribution in [3.05, 3.63) is 100 Å². The van der Waals surface area contributed by atoms with Gasteiger partial charge in [0.05, 0.1) is 5.69 Å². The van der Waals surface area contributed by atoms with Gasteiger partial charge in [0, 0.05) is 24.2 Å². The number of carbonyl (C=O) groups excluding carboxylic acids is 2. The number of phenols is 1. The zero-order valence-electron chi connectivity index (χ0n) is 19.1. The van der Waals surface area contributed by atoms with E-state index in [0.717, 1.165) is 22.3 Å². The molecule has 0 spiro atoms. The quantitative estimate of drug-likeness (QED) is 0.341. The average Bonchev–Trinajstić information content (AvgIpc) is 2.89. The predicted octanol–water partition coefficient (Wildman–Crippen LogP) is 3.80. The number of anilines is 1. The van der Waals surface area contributed by atoms with E-state index in [1.807, 2.05) is 42.5 Å². The summed E-state index contributed by atoms with van der Waals surface area (Å²) in [6.45, 7) is 2.46. The molecular weight excluding hydrogens is 444 g/mol. The Morgan fingerprint density at radius 2 is 1.69 bits per heavy atom. The summed E-state index contributed by atoms with van der Waals surface area (Å²) in [7, 11) is 0. The zero-order valence-corrected chi connectivity index (χ0v) is 19.1. The molecule has 0 aliphatic rings. The van der Waals surface area contributed by atoms with Crippen LogP contribution in [0.4, 0.5) is 5.69 Å². The largest absolute Gasteiger partial charge is 0.508 e. The lowest BCUT2D eigenvalue weighted by molar-refractivity contribution is -0.105. The average molecular weight is 469 g/mol. The molecule has 0 atom stereocenters. The van der Waals surface area contributed by atoms with Gasteiger partial charge in [-0.05, 0) is 60.0 Å². The third-order valence-corrected chi connectivity index (χ3v) is 5.47. The first kappa shape index (κ1) is 23.4. The number of hydrogen-bond donors (Lipinski definition) is 3. The van der Waals surface area contributed by atoms with Crippen molar-refractivity contribution in [1.29, 1.82) is 0 Å². The molecule has 1 heterocycles. The number of nitrogens with one attached hydrogen (secondary N) is 2. The van der Waals surface area contributed by atoms with Gasteiger partial charge in [0.15, 0.2) is 0 Å². The maximum absolute atomic E-state index is 12.7. The molecule has 3 N–H and O–H groups in total. The second kappa shape index (κ2) is 10.5. The Morgan fingerprint density at radius 3 is 2.43 bits per heavy atom. The Labute approximate surface area is 201 Å². The molecule has 0 bridgehead atoms. The van der Waals surface area contributed by atoms with E-state index in [-0.39, 0.29) is 22.9 Å². The lowest BCUT2D eigenvalue weighted by atomic mass is 9.99. The highest BCUT2D eigenvalue weighted by Gasteiger charge is 2.11. The summed E-state index contributed by atoms with van der Waals surface area (Å²) in [5, 5.41) is 19.3. The predicted molar refractivity (Wildman–Crippen MR) is 134 cm³/mol. The molecule has 4 rings (SSSR count). The Kier molecular flexibility index (Phi) is 7.02. The van der Waals surface area contributed by atoms with Crippen LogP contribution in [0.25, 0.3) is 22.4 Å². The Morgan fingerprint density at radius 1 is 0.971 bits per heavy atom. The van der Waals surface area contributed by atoms with Gasteiger partial charge in [-0.1, -0.05) is 42.5 Å². The van der Waals surface area contributed by atoms with Crippen LogP contribution >= 0.6 is 0 Å². The number of amides is 2. The van der Waals surface area contributed by atoms with Crippen LogP contribution in [-0.2, 0) is 17.9 Å². The van der Waals surface area contributed by atoms with Gasteiger partial charge < -0.3 is 15.7 Å². The summed E-state index contributed by atoms with van der Waals surface area (Å²) in [6.07, 6.45) is 0.466. The van der Waals surface area contributed by atoms with Gasteiger partial charge in [-0.3, -0.25) is 14.4 Å². The molecule has 0 aliphatic carbocycles. The highest BCUT2D eigenvalue weighted by Crippen LogP contribution is 2.26. The molecule has 0 aliphatic heterocycles. The Hall–Kier alpha value is -4.72. The zero-order chi connectivity index (χ0) is 24.8. The van der Waals surface area contributed by atoms with E-state index in [9.17, 15) is 19.5 Å². The third kappa shape index (κ3) is 5.44. The van der Waals surface area contributed by atoms with E-state index < -0.39 is 0 Å². The highest BCUT2D eigenvalue weighted by molar-refractivity contribution is 5.95. The van der Waals surface area contributed by atoms with Gasteiger partial charge in [-0.2, -0.15) is 5.10 Å². The van der Waals surface area contributed by atoms with E-state index >= 15 is 0 Å². The van der Waals surface area contributed by atoms with Gasteiger partial charge >= 0.3 is 0 Å². The maximum Gasteiger partial charge on any atom is 0.290 e. The highest BCUT2D eigenvalue weighted by atomic mass is 16.3. The smallest absolute Gasteiger partial charge is 0.290 e. The molecule has 0 unspecified atom stereocenters. The minimum atomic E-state index is -0.371. The van der Waals surface area contributed by atoms with Crippen molar-refractivity contribution in [3.63, 3.8) is 0 Å². The van der Waals surface area contributed by atoms with Crippen LogP contribution < -0.4 is 16.2 Å². The Balaban J connectivity index is 1.60. The molecule has 4 aromatic rings. The lowest BCUT2D eigenvalue weighted by Crippen LogP contribution is -2.25. The second-order valence-electron chi connectivity index (χ2n) is 7.84. The first-order valence-corrected chi connectivity index (χ1v) is 11.1. The second-order valence-corrected chi connectivity index (χ2v) is 7.84. The standard InChI is InChI=1S/C27H24N4O4/c1-2-31-27(35)25(29-17-32)15-24(30-31)21-9-4-7-19(13-21)20-8-5-10-22(14-20)26(34)28-16-18-6-3-11-23(33)12-18/h3-15,17,33H,2,16H2,1H3,(H,28,34)(H,29,32). The number of carbonyl (C=O) groups is 2. The van der Waals surface area contributed by atoms with Gasteiger partial charge in [0.1, 0.15) is 11.4 Å². The van der Waals surface area contributed by atoms with E-state index in [1.165, 1.54) is 4.68 Å². The summed E-state index contributed by atoms with van der Waals surface area (Å²) in [6, 6.07) is 23.1. The molecule has 0 saturated heterocycles. The van der Waals surface area contributed by atoms with Crippen LogP contribution in [0, 0.1) is 0 Å². The van der Waals surface area contributed by atoms with Gasteiger partial charge in [0.25, 0.3) is 11.5 Å². The van der Waals surface area contributed by atoms with E-state index in [1.54, 1.807) is 43.3 Å². The molecule has 8 nitrogen and oxygen atoms in total. The van der Waals surface area contributed by atoms with Crippen LogP contribution in [0.15, 0.2) is 83.7 Å². The first-order chi connectivity index (χ1) is 17.0. The third-order valence-electron chi connectivity index (χ3n) is 5.47. The molecular formula is C27H24N4O4. The normalized spacial score (nSPS) is 10.5. The van der Waals surface area contributed by atoms with Crippen molar-refractivity contribution < 1.29 is 14.7 Å². The monoisotopic (exact) mass is 468 g/mol. The minimum Gasteiger partial charge on any atom is -0.508 e.